The molecule has 86 valence electrons. The number of hydrogen-bond donors (Lipinski definition) is 0. The number of nitriles is 1. The van der Waals surface area contributed by atoms with Crippen molar-refractivity contribution in [1.82, 2.24) is 0 Å². The van der Waals surface area contributed by atoms with Gasteiger partial charge in [0.25, 0.3) is 0 Å². The molecule has 2 heteroatoms. The molecule has 0 aliphatic heterocycles. The van der Waals surface area contributed by atoms with Crippen molar-refractivity contribution in [1.29, 1.82) is 5.26 Å². The molecule has 0 saturated carbocycles. The van der Waals surface area contributed by atoms with E-state index in [1.807, 2.05) is 32.0 Å². The maximum atomic E-state index is 9.01. The molecule has 0 N–H and O–H groups in total. The number of ether oxygens (including phenoxy) is 1. The van der Waals surface area contributed by atoms with Gasteiger partial charge in [0.15, 0.2) is 0 Å². The second-order valence-electron chi connectivity index (χ2n) is 4.67. The summed E-state index contributed by atoms with van der Waals surface area (Å²) in [6.07, 6.45) is 1.15. The van der Waals surface area contributed by atoms with Crippen molar-refractivity contribution >= 4 is 0 Å². The normalized spacial score (nSPS) is 12.2. The second-order valence-corrected chi connectivity index (χ2v) is 4.67. The van der Waals surface area contributed by atoms with Gasteiger partial charge in [0.05, 0.1) is 11.7 Å². The summed E-state index contributed by atoms with van der Waals surface area (Å²) in [6, 6.07) is 7.88. The monoisotopic (exact) mass is 217 g/mol. The van der Waals surface area contributed by atoms with Crippen molar-refractivity contribution in [3.63, 3.8) is 0 Å². The Morgan fingerprint density at radius 3 is 2.56 bits per heavy atom. The lowest BCUT2D eigenvalue weighted by Crippen LogP contribution is -2.15. The van der Waals surface area contributed by atoms with Crippen molar-refractivity contribution in [2.24, 2.45) is 5.92 Å². The van der Waals surface area contributed by atoms with E-state index in [4.69, 9.17) is 10.00 Å². The van der Waals surface area contributed by atoms with Crippen LogP contribution in [0, 0.1) is 24.2 Å². The van der Waals surface area contributed by atoms with Crippen LogP contribution in [0.5, 0.6) is 5.75 Å². The zero-order chi connectivity index (χ0) is 12.1. The average Bonchev–Trinajstić information content (AvgIpc) is 2.19. The van der Waals surface area contributed by atoms with Gasteiger partial charge >= 0.3 is 0 Å². The van der Waals surface area contributed by atoms with Crippen molar-refractivity contribution in [2.75, 3.05) is 0 Å². The summed E-state index contributed by atoms with van der Waals surface area (Å²) in [5, 5.41) is 9.01. The number of aryl methyl sites for hydroxylation is 1. The molecule has 1 rings (SSSR count). The fourth-order valence-corrected chi connectivity index (χ4v) is 1.76. The van der Waals surface area contributed by atoms with Gasteiger partial charge in [-0.05, 0) is 43.9 Å². The Morgan fingerprint density at radius 2 is 2.00 bits per heavy atom. The first-order valence-corrected chi connectivity index (χ1v) is 5.70. The van der Waals surface area contributed by atoms with Crippen molar-refractivity contribution < 1.29 is 4.74 Å². The molecule has 0 bridgehead atoms. The van der Waals surface area contributed by atoms with E-state index in [9.17, 15) is 0 Å². The van der Waals surface area contributed by atoms with Crippen LogP contribution in [0.4, 0.5) is 0 Å². The third-order valence-electron chi connectivity index (χ3n) is 2.39. The minimum atomic E-state index is 0.148. The summed E-state index contributed by atoms with van der Waals surface area (Å²) in [7, 11) is 0. The van der Waals surface area contributed by atoms with Crippen molar-refractivity contribution in [2.45, 2.75) is 40.2 Å². The molecule has 1 unspecified atom stereocenters. The molecule has 0 heterocycles. The zero-order valence-electron chi connectivity index (χ0n) is 10.4. The van der Waals surface area contributed by atoms with Crippen LogP contribution in [0.25, 0.3) is 0 Å². The van der Waals surface area contributed by atoms with Gasteiger partial charge in [0, 0.05) is 0 Å². The van der Waals surface area contributed by atoms with E-state index in [0.29, 0.717) is 17.2 Å². The number of nitrogens with zero attached hydrogens (tertiary/aromatic N) is 1. The molecule has 2 nitrogen and oxygen atoms in total. The highest BCUT2D eigenvalue weighted by atomic mass is 16.5. The highest BCUT2D eigenvalue weighted by molar-refractivity contribution is 5.45. The quantitative estimate of drug-likeness (QED) is 0.770. The molecule has 1 aromatic carbocycles. The summed E-state index contributed by atoms with van der Waals surface area (Å²) >= 11 is 0. The third kappa shape index (κ3) is 3.58. The van der Waals surface area contributed by atoms with Crippen LogP contribution in [0.2, 0.25) is 0 Å². The average molecular weight is 217 g/mol. The highest BCUT2D eigenvalue weighted by Crippen LogP contribution is 2.21. The van der Waals surface area contributed by atoms with E-state index in [1.165, 1.54) is 0 Å². The Labute approximate surface area is 97.9 Å². The van der Waals surface area contributed by atoms with Crippen LogP contribution in [0.3, 0.4) is 0 Å². The second kappa shape index (κ2) is 5.55. The molecular weight excluding hydrogens is 198 g/mol. The minimum absolute atomic E-state index is 0.148. The summed E-state index contributed by atoms with van der Waals surface area (Å²) in [6.45, 7) is 8.35. The van der Waals surface area contributed by atoms with Gasteiger partial charge in [-0.3, -0.25) is 0 Å². The van der Waals surface area contributed by atoms with Crippen LogP contribution in [0.15, 0.2) is 18.2 Å². The third-order valence-corrected chi connectivity index (χ3v) is 2.39. The molecule has 0 fully saturated rings. The van der Waals surface area contributed by atoms with Crippen LogP contribution in [-0.2, 0) is 0 Å². The van der Waals surface area contributed by atoms with E-state index in [1.54, 1.807) is 0 Å². The lowest BCUT2D eigenvalue weighted by molar-refractivity contribution is 0.192. The van der Waals surface area contributed by atoms with Gasteiger partial charge in [-0.1, -0.05) is 19.9 Å². The van der Waals surface area contributed by atoms with Crippen molar-refractivity contribution in [3.8, 4) is 11.8 Å². The van der Waals surface area contributed by atoms with Crippen LogP contribution < -0.4 is 4.74 Å². The SMILES string of the molecule is Cc1ccc(OC(C)CC(C)C)c(C#N)c1. The van der Waals surface area contributed by atoms with Gasteiger partial charge < -0.3 is 4.74 Å². The maximum Gasteiger partial charge on any atom is 0.137 e. The molecule has 1 aromatic rings. The lowest BCUT2D eigenvalue weighted by Gasteiger charge is -2.17. The predicted octanol–water partition coefficient (Wildman–Crippen LogP) is 3.68. The summed E-state index contributed by atoms with van der Waals surface area (Å²) in [5.41, 5.74) is 1.70. The Balaban J connectivity index is 2.77. The predicted molar refractivity (Wildman–Crippen MR) is 65.4 cm³/mol. The van der Waals surface area contributed by atoms with Crippen LogP contribution in [0.1, 0.15) is 38.3 Å². The Morgan fingerprint density at radius 1 is 1.31 bits per heavy atom. The minimum Gasteiger partial charge on any atom is -0.489 e. The largest absolute Gasteiger partial charge is 0.489 e. The van der Waals surface area contributed by atoms with E-state index in [2.05, 4.69) is 19.9 Å². The molecule has 0 spiro atoms. The van der Waals surface area contributed by atoms with Crippen LogP contribution in [-0.4, -0.2) is 6.10 Å². The van der Waals surface area contributed by atoms with Gasteiger partial charge in [0.2, 0.25) is 0 Å². The van der Waals surface area contributed by atoms with Gasteiger partial charge in [-0.2, -0.15) is 5.26 Å². The number of rotatable bonds is 4. The fraction of sp³-hybridized carbons (Fsp3) is 0.500. The van der Waals surface area contributed by atoms with E-state index >= 15 is 0 Å². The number of benzene rings is 1. The number of hydrogen-bond acceptors (Lipinski definition) is 2. The Kier molecular flexibility index (Phi) is 4.37. The highest BCUT2D eigenvalue weighted by Gasteiger charge is 2.09. The van der Waals surface area contributed by atoms with E-state index < -0.39 is 0 Å². The molecule has 0 radical (unpaired) electrons. The first-order chi connectivity index (χ1) is 7.52. The molecule has 0 amide bonds. The zero-order valence-corrected chi connectivity index (χ0v) is 10.4. The Hall–Kier alpha value is -1.49. The summed E-state index contributed by atoms with van der Waals surface area (Å²) in [4.78, 5) is 0. The van der Waals surface area contributed by atoms with Gasteiger partial charge in [-0.25, -0.2) is 0 Å². The molecule has 0 aliphatic rings. The molecule has 0 aliphatic carbocycles. The lowest BCUT2D eigenvalue weighted by atomic mass is 10.1. The summed E-state index contributed by atoms with van der Waals surface area (Å²) < 4.78 is 5.78. The van der Waals surface area contributed by atoms with Gasteiger partial charge in [-0.15, -0.1) is 0 Å². The maximum absolute atomic E-state index is 9.01. The fourth-order valence-electron chi connectivity index (χ4n) is 1.76. The smallest absolute Gasteiger partial charge is 0.137 e. The molecular formula is C14H19NO. The molecule has 0 aromatic heterocycles. The van der Waals surface area contributed by atoms with Crippen LogP contribution >= 0.6 is 0 Å². The molecule has 1 atom stereocenters. The standard InChI is InChI=1S/C14H19NO/c1-10(2)7-12(4)16-14-6-5-11(3)8-13(14)9-15/h5-6,8,10,12H,7H2,1-4H3. The first kappa shape index (κ1) is 12.6. The first-order valence-electron chi connectivity index (χ1n) is 5.70. The van der Waals surface area contributed by atoms with Gasteiger partial charge in [0.1, 0.15) is 11.8 Å². The van der Waals surface area contributed by atoms with E-state index in [-0.39, 0.29) is 6.10 Å². The summed E-state index contributed by atoms with van der Waals surface area (Å²) in [5.74, 6) is 1.30. The molecule has 16 heavy (non-hydrogen) atoms. The van der Waals surface area contributed by atoms with Crippen molar-refractivity contribution in [3.05, 3.63) is 29.3 Å². The molecule has 0 saturated heterocycles. The topological polar surface area (TPSA) is 33.0 Å². The Bertz CT molecular complexity index is 390. The van der Waals surface area contributed by atoms with E-state index in [0.717, 1.165) is 12.0 Å².